The molecule has 106 valence electrons. The van der Waals surface area contributed by atoms with Crippen LogP contribution in [0.4, 0.5) is 13.2 Å². The van der Waals surface area contributed by atoms with Crippen LogP contribution in [0.15, 0.2) is 24.4 Å². The topological polar surface area (TPSA) is 57.0 Å². The number of rotatable bonds is 2. The number of carbonyl (C=O) groups is 1. The quantitative estimate of drug-likeness (QED) is 0.800. The van der Waals surface area contributed by atoms with E-state index in [1.807, 2.05) is 0 Å². The fraction of sp³-hybridized carbons (Fsp3) is 0.182. The van der Waals surface area contributed by atoms with Crippen LogP contribution in [0.25, 0.3) is 11.2 Å². The average molecular weight is 306 g/mol. The maximum atomic E-state index is 12.9. The van der Waals surface area contributed by atoms with E-state index in [0.29, 0.717) is 0 Å². The molecule has 0 saturated carbocycles. The Labute approximate surface area is 115 Å². The molecule has 0 radical (unpaired) electrons. The van der Waals surface area contributed by atoms with Gasteiger partial charge in [-0.3, -0.25) is 0 Å². The molecule has 2 rings (SSSR count). The van der Waals surface area contributed by atoms with Gasteiger partial charge in [0.2, 0.25) is 0 Å². The first-order valence-electron chi connectivity index (χ1n) is 5.19. The van der Waals surface area contributed by atoms with E-state index in [4.69, 9.17) is 11.6 Å². The Balaban J connectivity index is 2.66. The third-order valence-corrected chi connectivity index (χ3v) is 2.42. The zero-order valence-corrected chi connectivity index (χ0v) is 10.8. The Kier molecular flexibility index (Phi) is 3.43. The van der Waals surface area contributed by atoms with Crippen LogP contribution in [0.2, 0.25) is 5.02 Å². The van der Waals surface area contributed by atoms with Crippen LogP contribution in [0, 0.1) is 0 Å². The number of hydrogen-bond donors (Lipinski definition) is 0. The summed E-state index contributed by atoms with van der Waals surface area (Å²) in [6, 6.07) is 1.16. The van der Waals surface area contributed by atoms with Gasteiger partial charge in [-0.25, -0.2) is 14.8 Å². The number of nitrogens with zero attached hydrogens (tertiary/aromatic N) is 3. The largest absolute Gasteiger partial charge is 0.453 e. The zero-order valence-electron chi connectivity index (χ0n) is 10.0. The molecule has 2 aromatic heterocycles. The number of alkyl halides is 3. The Bertz CT molecular complexity index is 709. The lowest BCUT2D eigenvalue weighted by Gasteiger charge is -2.10. The van der Waals surface area contributed by atoms with Gasteiger partial charge >= 0.3 is 12.1 Å². The molecule has 5 nitrogen and oxygen atoms in total. The number of aromatic nitrogens is 3. The van der Waals surface area contributed by atoms with Crippen LogP contribution < -0.4 is 4.84 Å². The lowest BCUT2D eigenvalue weighted by Crippen LogP contribution is -2.25. The summed E-state index contributed by atoms with van der Waals surface area (Å²) in [5, 5.41) is 0.0822. The highest BCUT2D eigenvalue weighted by Gasteiger charge is 2.39. The van der Waals surface area contributed by atoms with Crippen molar-refractivity contribution in [3.8, 4) is 0 Å². The molecule has 0 aromatic carbocycles. The summed E-state index contributed by atoms with van der Waals surface area (Å²) in [6.45, 7) is 4.60. The fourth-order valence-electron chi connectivity index (χ4n) is 1.35. The van der Waals surface area contributed by atoms with Crippen LogP contribution in [0.3, 0.4) is 0 Å². The molecule has 0 saturated heterocycles. The minimum Gasteiger partial charge on any atom is -0.329 e. The molecule has 9 heteroatoms. The van der Waals surface area contributed by atoms with E-state index in [1.54, 1.807) is 0 Å². The number of fused-ring (bicyclic) bond motifs is 1. The molecule has 0 unspecified atom stereocenters. The van der Waals surface area contributed by atoms with Gasteiger partial charge in [0.05, 0.1) is 5.02 Å². The molecule has 2 heterocycles. The third-order valence-electron chi connectivity index (χ3n) is 2.21. The molecule has 0 spiro atoms. The van der Waals surface area contributed by atoms with Crippen LogP contribution in [0.1, 0.15) is 12.7 Å². The maximum Gasteiger partial charge on any atom is 0.453 e. The summed E-state index contributed by atoms with van der Waals surface area (Å²) in [5.74, 6) is -2.42. The predicted octanol–water partition coefficient (Wildman–Crippen LogP) is 2.63. The van der Waals surface area contributed by atoms with Crippen LogP contribution in [0.5, 0.6) is 0 Å². The second-order valence-electron chi connectivity index (χ2n) is 3.88. The first-order valence-corrected chi connectivity index (χ1v) is 5.57. The fourth-order valence-corrected chi connectivity index (χ4v) is 1.50. The SMILES string of the molecule is C=C(C)C(=O)On1c(C(F)(F)F)nc2ncc(Cl)cc21. The summed E-state index contributed by atoms with van der Waals surface area (Å²) in [4.78, 5) is 23.0. The van der Waals surface area contributed by atoms with Crippen molar-refractivity contribution < 1.29 is 22.8 Å². The van der Waals surface area contributed by atoms with E-state index in [9.17, 15) is 18.0 Å². The molecule has 0 atom stereocenters. The van der Waals surface area contributed by atoms with Crippen molar-refractivity contribution in [2.24, 2.45) is 0 Å². The van der Waals surface area contributed by atoms with E-state index < -0.39 is 18.0 Å². The van der Waals surface area contributed by atoms with Crippen molar-refractivity contribution >= 4 is 28.7 Å². The van der Waals surface area contributed by atoms with Gasteiger partial charge in [-0.05, 0) is 13.0 Å². The van der Waals surface area contributed by atoms with Crippen molar-refractivity contribution in [2.45, 2.75) is 13.1 Å². The molecule has 2 aromatic rings. The summed E-state index contributed by atoms with van der Waals surface area (Å²) in [6.07, 6.45) is -3.68. The van der Waals surface area contributed by atoms with Gasteiger partial charge in [0.25, 0.3) is 5.82 Å². The Morgan fingerprint density at radius 1 is 1.50 bits per heavy atom. The van der Waals surface area contributed by atoms with Crippen molar-refractivity contribution in [2.75, 3.05) is 0 Å². The summed E-state index contributed by atoms with van der Waals surface area (Å²) in [5.41, 5.74) is -0.467. The smallest absolute Gasteiger partial charge is 0.329 e. The minimum atomic E-state index is -4.82. The number of pyridine rings is 1. The molecule has 20 heavy (non-hydrogen) atoms. The molecular weight excluding hydrogens is 299 g/mol. The van der Waals surface area contributed by atoms with Crippen LogP contribution in [-0.4, -0.2) is 20.7 Å². The molecule has 0 aliphatic rings. The predicted molar refractivity (Wildman–Crippen MR) is 63.9 cm³/mol. The first kappa shape index (κ1) is 14.3. The van der Waals surface area contributed by atoms with Gasteiger partial charge in [-0.1, -0.05) is 18.2 Å². The molecule has 0 fully saturated rings. The van der Waals surface area contributed by atoms with Gasteiger partial charge in [0, 0.05) is 11.8 Å². The second kappa shape index (κ2) is 4.78. The monoisotopic (exact) mass is 305 g/mol. The summed E-state index contributed by atoms with van der Waals surface area (Å²) in [7, 11) is 0. The number of hydrogen-bond acceptors (Lipinski definition) is 4. The van der Waals surface area contributed by atoms with Crippen LogP contribution >= 0.6 is 11.6 Å². The maximum absolute atomic E-state index is 12.9. The highest BCUT2D eigenvalue weighted by atomic mass is 35.5. The molecule has 0 aliphatic heterocycles. The van der Waals surface area contributed by atoms with Crippen molar-refractivity contribution in [1.29, 1.82) is 0 Å². The molecule has 0 amide bonds. The summed E-state index contributed by atoms with van der Waals surface area (Å²) >= 11 is 5.67. The van der Waals surface area contributed by atoms with Gasteiger partial charge in [-0.2, -0.15) is 13.2 Å². The highest BCUT2D eigenvalue weighted by molar-refractivity contribution is 6.31. The number of imidazole rings is 1. The second-order valence-corrected chi connectivity index (χ2v) is 4.32. The lowest BCUT2D eigenvalue weighted by atomic mass is 10.4. The standard InChI is InChI=1S/C11H7ClF3N3O2/c1-5(2)9(19)20-18-7-3-6(12)4-16-8(7)17-10(18)11(13,14)15/h3-4H,1H2,2H3. The van der Waals surface area contributed by atoms with Gasteiger partial charge in [0.15, 0.2) is 5.65 Å². The Morgan fingerprint density at radius 2 is 2.15 bits per heavy atom. The van der Waals surface area contributed by atoms with Crippen LogP contribution in [-0.2, 0) is 11.0 Å². The third kappa shape index (κ3) is 2.60. The highest BCUT2D eigenvalue weighted by Crippen LogP contribution is 2.31. The zero-order chi connectivity index (χ0) is 15.1. The van der Waals surface area contributed by atoms with E-state index >= 15 is 0 Å². The van der Waals surface area contributed by atoms with Gasteiger partial charge in [0.1, 0.15) is 5.52 Å². The Hall–Kier alpha value is -2.09. The van der Waals surface area contributed by atoms with E-state index in [1.165, 1.54) is 6.92 Å². The molecule has 0 bridgehead atoms. The molecular formula is C11H7ClF3N3O2. The molecule has 0 aliphatic carbocycles. The minimum absolute atomic E-state index is 0.0602. The van der Waals surface area contributed by atoms with E-state index in [-0.39, 0.29) is 26.5 Å². The van der Waals surface area contributed by atoms with Crippen molar-refractivity contribution in [3.05, 3.63) is 35.3 Å². The normalized spacial score (nSPS) is 11.7. The number of halogens is 4. The van der Waals surface area contributed by atoms with Crippen molar-refractivity contribution in [3.63, 3.8) is 0 Å². The average Bonchev–Trinajstić information content (AvgIpc) is 2.67. The van der Waals surface area contributed by atoms with Crippen molar-refractivity contribution in [1.82, 2.24) is 14.7 Å². The number of carbonyl (C=O) groups excluding carboxylic acids is 1. The lowest BCUT2D eigenvalue weighted by molar-refractivity contribution is -0.160. The van der Waals surface area contributed by atoms with E-state index in [2.05, 4.69) is 21.4 Å². The van der Waals surface area contributed by atoms with Gasteiger partial charge < -0.3 is 4.84 Å². The van der Waals surface area contributed by atoms with Gasteiger partial charge in [-0.15, -0.1) is 4.73 Å². The first-order chi connectivity index (χ1) is 9.20. The summed E-state index contributed by atoms with van der Waals surface area (Å²) < 4.78 is 38.9. The van der Waals surface area contributed by atoms with E-state index in [0.717, 1.165) is 12.3 Å². The Morgan fingerprint density at radius 3 is 2.70 bits per heavy atom. The molecule has 0 N–H and O–H groups in total.